The number of hydrogen-bond donors (Lipinski definition) is 1. The maximum Gasteiger partial charge on any atom is 0.332 e. The van der Waals surface area contributed by atoms with Crippen LogP contribution in [0.3, 0.4) is 0 Å². The van der Waals surface area contributed by atoms with Crippen molar-refractivity contribution >= 4 is 27.6 Å². The lowest BCUT2D eigenvalue weighted by molar-refractivity contribution is -0.137. The molecule has 1 N–H and O–H groups in total. The fraction of sp³-hybridized carbons (Fsp3) is 0.118. The van der Waals surface area contributed by atoms with E-state index in [1.807, 2.05) is 18.2 Å². The maximum atomic E-state index is 12.9. The summed E-state index contributed by atoms with van der Waals surface area (Å²) in [6.45, 7) is 1.96. The van der Waals surface area contributed by atoms with Gasteiger partial charge in [-0.3, -0.25) is 0 Å². The molecule has 126 valence electrons. The lowest BCUT2D eigenvalue weighted by atomic mass is 10.1. The Hall–Kier alpha value is -2.67. The molecule has 0 fully saturated rings. The minimum atomic E-state index is -4.74. The van der Waals surface area contributed by atoms with Crippen LogP contribution >= 0.6 is 0 Å². The van der Waals surface area contributed by atoms with Gasteiger partial charge in [0.05, 0.1) is 17.2 Å². The minimum Gasteiger partial charge on any atom is -0.463 e. The van der Waals surface area contributed by atoms with Crippen LogP contribution in [0.4, 0.5) is 9.57 Å². The fourth-order valence-corrected chi connectivity index (χ4v) is 2.43. The number of hydrogen-bond acceptors (Lipinski definition) is 5. The summed E-state index contributed by atoms with van der Waals surface area (Å²) in [4.78, 5) is 11.3. The molecule has 0 aliphatic heterocycles. The van der Waals surface area contributed by atoms with Gasteiger partial charge in [-0.05, 0) is 36.8 Å². The summed E-state index contributed by atoms with van der Waals surface area (Å²) < 4.78 is 39.5. The van der Waals surface area contributed by atoms with Gasteiger partial charge in [0.1, 0.15) is 0 Å². The molecule has 0 radical (unpaired) electrons. The molecule has 0 heterocycles. The SMILES string of the molecule is CCOC(=O)/C=C(\Nc1ccc(S(=O)(=O)F)cc1)c1ccccc1. The lowest BCUT2D eigenvalue weighted by Gasteiger charge is -2.12. The van der Waals surface area contributed by atoms with Crippen LogP contribution in [0, 0.1) is 0 Å². The van der Waals surface area contributed by atoms with Gasteiger partial charge < -0.3 is 10.1 Å². The number of ether oxygens (including phenoxy) is 1. The third-order valence-electron chi connectivity index (χ3n) is 3.05. The third kappa shape index (κ3) is 4.92. The van der Waals surface area contributed by atoms with E-state index in [-0.39, 0.29) is 6.61 Å². The second-order valence-corrected chi connectivity index (χ2v) is 6.11. The Morgan fingerprint density at radius 1 is 1.12 bits per heavy atom. The maximum absolute atomic E-state index is 12.9. The van der Waals surface area contributed by atoms with Gasteiger partial charge in [-0.1, -0.05) is 30.3 Å². The van der Waals surface area contributed by atoms with Crippen LogP contribution < -0.4 is 5.32 Å². The molecule has 0 saturated carbocycles. The van der Waals surface area contributed by atoms with Crippen molar-refractivity contribution in [2.45, 2.75) is 11.8 Å². The molecule has 0 amide bonds. The average Bonchev–Trinajstić information content (AvgIpc) is 2.55. The number of halogens is 1. The standard InChI is InChI=1S/C17H16FNO4S/c1-2-23-17(20)12-16(13-6-4-3-5-7-13)19-14-8-10-15(11-9-14)24(18,21)22/h3-12,19H,2H2,1H3/b16-12-. The second kappa shape index (κ2) is 7.74. The summed E-state index contributed by atoms with van der Waals surface area (Å²) in [5.74, 6) is -0.508. The summed E-state index contributed by atoms with van der Waals surface area (Å²) in [6, 6.07) is 14.2. The van der Waals surface area contributed by atoms with Gasteiger partial charge >= 0.3 is 16.2 Å². The van der Waals surface area contributed by atoms with Crippen LogP contribution in [-0.2, 0) is 19.8 Å². The zero-order chi connectivity index (χ0) is 17.6. The van der Waals surface area contributed by atoms with Gasteiger partial charge in [-0.2, -0.15) is 8.42 Å². The smallest absolute Gasteiger partial charge is 0.332 e. The molecule has 7 heteroatoms. The molecule has 0 bridgehead atoms. The Balaban J connectivity index is 2.30. The highest BCUT2D eigenvalue weighted by atomic mass is 32.3. The molecule has 0 aromatic heterocycles. The predicted molar refractivity (Wildman–Crippen MR) is 89.4 cm³/mol. The Morgan fingerprint density at radius 2 is 1.75 bits per heavy atom. The summed E-state index contributed by atoms with van der Waals surface area (Å²) in [7, 11) is -4.74. The first kappa shape index (κ1) is 17.7. The molecule has 0 spiro atoms. The van der Waals surface area contributed by atoms with Gasteiger partial charge in [-0.15, -0.1) is 3.89 Å². The minimum absolute atomic E-state index is 0.250. The highest BCUT2D eigenvalue weighted by molar-refractivity contribution is 7.86. The Morgan fingerprint density at radius 3 is 2.29 bits per heavy atom. The van der Waals surface area contributed by atoms with Gasteiger partial charge in [0.2, 0.25) is 0 Å². The quantitative estimate of drug-likeness (QED) is 0.492. The van der Waals surface area contributed by atoms with E-state index in [4.69, 9.17) is 4.74 Å². The van der Waals surface area contributed by atoms with Crippen molar-refractivity contribution in [3.05, 3.63) is 66.2 Å². The van der Waals surface area contributed by atoms with E-state index >= 15 is 0 Å². The first-order valence-electron chi connectivity index (χ1n) is 7.16. The largest absolute Gasteiger partial charge is 0.463 e. The van der Waals surface area contributed by atoms with Crippen molar-refractivity contribution in [2.24, 2.45) is 0 Å². The number of carbonyl (C=O) groups is 1. The number of carbonyl (C=O) groups excluding carboxylic acids is 1. The molecule has 5 nitrogen and oxygen atoms in total. The normalized spacial score (nSPS) is 11.8. The molecule has 0 aliphatic carbocycles. The number of benzene rings is 2. The van der Waals surface area contributed by atoms with Crippen molar-refractivity contribution in [2.75, 3.05) is 11.9 Å². The van der Waals surface area contributed by atoms with Crippen LogP contribution in [-0.4, -0.2) is 21.0 Å². The topological polar surface area (TPSA) is 72.5 Å². The average molecular weight is 349 g/mol. The van der Waals surface area contributed by atoms with E-state index in [0.717, 1.165) is 17.7 Å². The number of anilines is 1. The molecule has 0 aliphatic rings. The Bertz CT molecular complexity index is 831. The first-order chi connectivity index (χ1) is 11.4. The highest BCUT2D eigenvalue weighted by Crippen LogP contribution is 2.21. The van der Waals surface area contributed by atoms with E-state index in [1.54, 1.807) is 19.1 Å². The van der Waals surface area contributed by atoms with E-state index in [9.17, 15) is 17.1 Å². The molecule has 2 aromatic rings. The first-order valence-corrected chi connectivity index (χ1v) is 8.54. The van der Waals surface area contributed by atoms with Crippen molar-refractivity contribution in [3.8, 4) is 0 Å². The van der Waals surface area contributed by atoms with Crippen LogP contribution in [0.5, 0.6) is 0 Å². The predicted octanol–water partition coefficient (Wildman–Crippen LogP) is 3.36. The van der Waals surface area contributed by atoms with Gasteiger partial charge in [0.15, 0.2) is 0 Å². The summed E-state index contributed by atoms with van der Waals surface area (Å²) in [5, 5.41) is 3.01. The zero-order valence-corrected chi connectivity index (χ0v) is 13.7. The van der Waals surface area contributed by atoms with Crippen LogP contribution in [0.2, 0.25) is 0 Å². The van der Waals surface area contributed by atoms with E-state index < -0.39 is 21.1 Å². The molecular weight excluding hydrogens is 333 g/mol. The monoisotopic (exact) mass is 349 g/mol. The molecule has 24 heavy (non-hydrogen) atoms. The van der Waals surface area contributed by atoms with Crippen molar-refractivity contribution in [1.82, 2.24) is 0 Å². The van der Waals surface area contributed by atoms with E-state index in [1.165, 1.54) is 18.2 Å². The molecule has 2 aromatic carbocycles. The summed E-state index contributed by atoms with van der Waals surface area (Å²) in [5.41, 5.74) is 1.72. The van der Waals surface area contributed by atoms with Crippen molar-refractivity contribution in [1.29, 1.82) is 0 Å². The fourth-order valence-electron chi connectivity index (χ4n) is 1.97. The molecule has 0 unspecified atom stereocenters. The molecular formula is C17H16FNO4S. The van der Waals surface area contributed by atoms with Crippen molar-refractivity contribution < 1.29 is 21.8 Å². The van der Waals surface area contributed by atoms with Crippen LogP contribution in [0.1, 0.15) is 12.5 Å². The molecule has 0 saturated heterocycles. The van der Waals surface area contributed by atoms with Gasteiger partial charge in [0.25, 0.3) is 0 Å². The van der Waals surface area contributed by atoms with Crippen LogP contribution in [0.25, 0.3) is 5.70 Å². The lowest BCUT2D eigenvalue weighted by Crippen LogP contribution is -2.06. The second-order valence-electron chi connectivity index (χ2n) is 4.76. The van der Waals surface area contributed by atoms with E-state index in [0.29, 0.717) is 11.4 Å². The number of esters is 1. The Labute approximate surface area is 140 Å². The molecule has 2 rings (SSSR count). The summed E-state index contributed by atoms with van der Waals surface area (Å²) in [6.07, 6.45) is 1.30. The number of nitrogens with one attached hydrogen (secondary N) is 1. The molecule has 0 atom stereocenters. The zero-order valence-electron chi connectivity index (χ0n) is 12.9. The number of rotatable bonds is 6. The van der Waals surface area contributed by atoms with Crippen LogP contribution in [0.15, 0.2) is 65.6 Å². The van der Waals surface area contributed by atoms with E-state index in [2.05, 4.69) is 5.32 Å². The third-order valence-corrected chi connectivity index (χ3v) is 3.88. The van der Waals surface area contributed by atoms with Gasteiger partial charge in [-0.25, -0.2) is 4.79 Å². The van der Waals surface area contributed by atoms with Crippen molar-refractivity contribution in [3.63, 3.8) is 0 Å². The summed E-state index contributed by atoms with van der Waals surface area (Å²) >= 11 is 0. The highest BCUT2D eigenvalue weighted by Gasteiger charge is 2.12. The Kier molecular flexibility index (Phi) is 5.70. The van der Waals surface area contributed by atoms with Gasteiger partial charge in [0, 0.05) is 11.8 Å².